The number of amides is 3. The maximum Gasteiger partial charge on any atom is 0.414 e. The van der Waals surface area contributed by atoms with E-state index in [-0.39, 0.29) is 24.9 Å². The Hall–Kier alpha value is -3.60. The lowest BCUT2D eigenvalue weighted by Crippen LogP contribution is -2.37. The molecular weight excluding hydrogens is 516 g/mol. The van der Waals surface area contributed by atoms with Crippen molar-refractivity contribution >= 4 is 57.9 Å². The summed E-state index contributed by atoms with van der Waals surface area (Å²) in [5.74, 6) is -0.516. The first-order chi connectivity index (χ1) is 18.0. The van der Waals surface area contributed by atoms with Crippen molar-refractivity contribution in [2.24, 2.45) is 0 Å². The van der Waals surface area contributed by atoms with Crippen molar-refractivity contribution in [2.45, 2.75) is 6.10 Å². The fourth-order valence-corrected chi connectivity index (χ4v) is 5.18. The second-order valence-corrected chi connectivity index (χ2v) is 10.3. The van der Waals surface area contributed by atoms with Gasteiger partial charge in [0.1, 0.15) is 6.10 Å². The molecule has 1 atom stereocenters. The number of nitrogens with zero attached hydrogens (tertiary/aromatic N) is 2. The molecule has 9 nitrogen and oxygen atoms in total. The van der Waals surface area contributed by atoms with E-state index in [1.807, 2.05) is 18.2 Å². The van der Waals surface area contributed by atoms with Crippen LogP contribution in [0.25, 0.3) is 0 Å². The molecule has 11 heteroatoms. The standard InChI is InChI=1S/C26H25ClN4O5S/c27-23-9-8-22(37-23)25(33)28-15-19-16-31(26(34)36-19)18-6-7-21(30-10-12-35-13-11-30)20(14-18)29-24(32)17-4-2-1-3-5-17/h1-9,14,19H,10-13,15-16H2,(H,28,33)(H,29,32)/t19-/m1/s1. The molecular formula is C26H25ClN4O5S. The average molecular weight is 541 g/mol. The molecule has 2 aromatic carbocycles. The lowest BCUT2D eigenvalue weighted by atomic mass is 10.1. The minimum atomic E-state index is -0.520. The quantitative estimate of drug-likeness (QED) is 0.465. The molecule has 0 spiro atoms. The van der Waals surface area contributed by atoms with Crippen molar-refractivity contribution in [3.63, 3.8) is 0 Å². The zero-order valence-corrected chi connectivity index (χ0v) is 21.4. The van der Waals surface area contributed by atoms with Crippen LogP contribution in [0.4, 0.5) is 21.9 Å². The number of rotatable bonds is 7. The number of thiophene rings is 1. The van der Waals surface area contributed by atoms with Crippen molar-refractivity contribution in [3.05, 3.63) is 75.4 Å². The molecule has 0 bridgehead atoms. The van der Waals surface area contributed by atoms with Crippen LogP contribution < -0.4 is 20.4 Å². The van der Waals surface area contributed by atoms with Crippen molar-refractivity contribution in [2.75, 3.05) is 54.5 Å². The summed E-state index contributed by atoms with van der Waals surface area (Å²) >= 11 is 7.09. The molecule has 2 fully saturated rings. The highest BCUT2D eigenvalue weighted by Crippen LogP contribution is 2.33. The number of cyclic esters (lactones) is 1. The number of benzene rings is 2. The van der Waals surface area contributed by atoms with Gasteiger partial charge in [-0.1, -0.05) is 29.8 Å². The highest BCUT2D eigenvalue weighted by atomic mass is 35.5. The van der Waals surface area contributed by atoms with Gasteiger partial charge in [0.25, 0.3) is 11.8 Å². The minimum Gasteiger partial charge on any atom is -0.442 e. The number of anilines is 3. The number of ether oxygens (including phenoxy) is 2. The van der Waals surface area contributed by atoms with Crippen molar-refractivity contribution in [1.29, 1.82) is 0 Å². The molecule has 5 rings (SSSR count). The molecule has 0 saturated carbocycles. The predicted molar refractivity (Wildman–Crippen MR) is 143 cm³/mol. The summed E-state index contributed by atoms with van der Waals surface area (Å²) in [6, 6.07) is 17.8. The molecule has 0 unspecified atom stereocenters. The van der Waals surface area contributed by atoms with Crippen LogP contribution in [0.2, 0.25) is 4.34 Å². The van der Waals surface area contributed by atoms with Crippen LogP contribution in [0.3, 0.4) is 0 Å². The van der Waals surface area contributed by atoms with Crippen LogP contribution in [0.15, 0.2) is 60.7 Å². The molecule has 3 amide bonds. The molecule has 2 saturated heterocycles. The molecule has 3 aromatic rings. The number of hydrogen-bond acceptors (Lipinski definition) is 7. The molecule has 1 aromatic heterocycles. The summed E-state index contributed by atoms with van der Waals surface area (Å²) in [5, 5.41) is 5.80. The number of nitrogens with one attached hydrogen (secondary N) is 2. The van der Waals surface area contributed by atoms with E-state index in [9.17, 15) is 14.4 Å². The Balaban J connectivity index is 1.32. The van der Waals surface area contributed by atoms with Gasteiger partial charge in [-0.25, -0.2) is 4.79 Å². The first kappa shape index (κ1) is 25.1. The maximum absolute atomic E-state index is 13.0. The minimum absolute atomic E-state index is 0.167. The van der Waals surface area contributed by atoms with Crippen LogP contribution in [-0.4, -0.2) is 63.4 Å². The highest BCUT2D eigenvalue weighted by Gasteiger charge is 2.33. The number of carbonyl (C=O) groups is 3. The van der Waals surface area contributed by atoms with Crippen LogP contribution in [0.1, 0.15) is 20.0 Å². The largest absolute Gasteiger partial charge is 0.442 e. The van der Waals surface area contributed by atoms with Gasteiger partial charge < -0.3 is 25.0 Å². The Kier molecular flexibility index (Phi) is 7.59. The third kappa shape index (κ3) is 5.87. The van der Waals surface area contributed by atoms with Gasteiger partial charge in [0.15, 0.2) is 0 Å². The van der Waals surface area contributed by atoms with E-state index in [1.165, 1.54) is 16.2 Å². The summed E-state index contributed by atoms with van der Waals surface area (Å²) in [7, 11) is 0. The maximum atomic E-state index is 13.0. The van der Waals surface area contributed by atoms with Gasteiger partial charge in [0.2, 0.25) is 0 Å². The first-order valence-electron chi connectivity index (χ1n) is 11.8. The monoisotopic (exact) mass is 540 g/mol. The van der Waals surface area contributed by atoms with Gasteiger partial charge in [0.05, 0.1) is 46.9 Å². The van der Waals surface area contributed by atoms with E-state index in [4.69, 9.17) is 21.1 Å². The Bertz CT molecular complexity index is 1300. The summed E-state index contributed by atoms with van der Waals surface area (Å²) in [6.45, 7) is 3.00. The van der Waals surface area contributed by atoms with Crippen molar-refractivity contribution < 1.29 is 23.9 Å². The third-order valence-electron chi connectivity index (χ3n) is 6.09. The van der Waals surface area contributed by atoms with Crippen LogP contribution in [0, 0.1) is 0 Å². The molecule has 37 heavy (non-hydrogen) atoms. The summed E-state index contributed by atoms with van der Waals surface area (Å²) in [5.41, 5.74) is 2.56. The first-order valence-corrected chi connectivity index (χ1v) is 13.0. The average Bonchev–Trinajstić information content (AvgIpc) is 3.53. The summed E-state index contributed by atoms with van der Waals surface area (Å²) < 4.78 is 11.5. The number of carbonyl (C=O) groups excluding carboxylic acids is 3. The number of morpholine rings is 1. The number of halogens is 1. The molecule has 0 radical (unpaired) electrons. The topological polar surface area (TPSA) is 100 Å². The summed E-state index contributed by atoms with van der Waals surface area (Å²) in [6.07, 6.45) is -1.04. The summed E-state index contributed by atoms with van der Waals surface area (Å²) in [4.78, 5) is 42.1. The molecule has 3 heterocycles. The molecule has 2 aliphatic heterocycles. The van der Waals surface area contributed by atoms with E-state index < -0.39 is 12.2 Å². The smallest absolute Gasteiger partial charge is 0.414 e. The van der Waals surface area contributed by atoms with E-state index >= 15 is 0 Å². The van der Waals surface area contributed by atoms with E-state index in [0.29, 0.717) is 52.5 Å². The zero-order chi connectivity index (χ0) is 25.8. The molecule has 0 aliphatic carbocycles. The van der Waals surface area contributed by atoms with E-state index in [2.05, 4.69) is 15.5 Å². The van der Waals surface area contributed by atoms with Crippen molar-refractivity contribution in [1.82, 2.24) is 5.32 Å². The van der Waals surface area contributed by atoms with Gasteiger partial charge in [-0.05, 0) is 42.5 Å². The second kappa shape index (κ2) is 11.2. The highest BCUT2D eigenvalue weighted by molar-refractivity contribution is 7.18. The fourth-order valence-electron chi connectivity index (χ4n) is 4.22. The Morgan fingerprint density at radius 2 is 1.81 bits per heavy atom. The Labute approximate surface area is 222 Å². The van der Waals surface area contributed by atoms with Gasteiger partial charge >= 0.3 is 6.09 Å². The molecule has 192 valence electrons. The molecule has 2 aliphatic rings. The van der Waals surface area contributed by atoms with E-state index in [1.54, 1.807) is 42.5 Å². The van der Waals surface area contributed by atoms with Crippen LogP contribution in [0.5, 0.6) is 0 Å². The fraction of sp³-hybridized carbons (Fsp3) is 0.269. The molecule has 2 N–H and O–H groups in total. The number of hydrogen-bond donors (Lipinski definition) is 2. The van der Waals surface area contributed by atoms with Gasteiger partial charge in [0, 0.05) is 24.3 Å². The zero-order valence-electron chi connectivity index (χ0n) is 19.8. The van der Waals surface area contributed by atoms with Gasteiger partial charge in [-0.3, -0.25) is 14.5 Å². The second-order valence-electron chi connectivity index (χ2n) is 8.55. The predicted octanol–water partition coefficient (Wildman–Crippen LogP) is 4.25. The van der Waals surface area contributed by atoms with Crippen molar-refractivity contribution in [3.8, 4) is 0 Å². The van der Waals surface area contributed by atoms with Gasteiger partial charge in [-0.2, -0.15) is 0 Å². The lowest BCUT2D eigenvalue weighted by molar-refractivity contribution is 0.0919. The SMILES string of the molecule is O=C(Nc1cc(N2C[C@@H](CNC(=O)c3ccc(Cl)s3)OC2=O)ccc1N1CCOCC1)c1ccccc1. The third-order valence-corrected chi connectivity index (χ3v) is 7.32. The van der Waals surface area contributed by atoms with Crippen LogP contribution in [-0.2, 0) is 9.47 Å². The Morgan fingerprint density at radius 1 is 1.03 bits per heavy atom. The van der Waals surface area contributed by atoms with Crippen LogP contribution >= 0.6 is 22.9 Å². The normalized spacial score (nSPS) is 17.4. The van der Waals surface area contributed by atoms with Gasteiger partial charge in [-0.15, -0.1) is 11.3 Å². The Morgan fingerprint density at radius 3 is 2.54 bits per heavy atom. The lowest BCUT2D eigenvalue weighted by Gasteiger charge is -2.31. The van der Waals surface area contributed by atoms with E-state index in [0.717, 1.165) is 5.69 Å².